The van der Waals surface area contributed by atoms with Crippen molar-refractivity contribution in [2.75, 3.05) is 37.3 Å². The summed E-state index contributed by atoms with van der Waals surface area (Å²) in [6.45, 7) is 1.61. The molecule has 1 unspecified atom stereocenters. The summed E-state index contributed by atoms with van der Waals surface area (Å²) >= 11 is 0. The van der Waals surface area contributed by atoms with Crippen molar-refractivity contribution < 1.29 is 22.4 Å². The van der Waals surface area contributed by atoms with Crippen LogP contribution in [-0.4, -0.2) is 67.9 Å². The number of piperazine rings is 1. The summed E-state index contributed by atoms with van der Waals surface area (Å²) in [5.74, 6) is -1.21. The summed E-state index contributed by atoms with van der Waals surface area (Å²) in [5.41, 5.74) is 0.489. The Bertz CT molecular complexity index is 790. The number of hydrogen-bond donors (Lipinski definition) is 0. The summed E-state index contributed by atoms with van der Waals surface area (Å²) < 4.78 is 38.2. The first-order chi connectivity index (χ1) is 11.8. The molecule has 2 fully saturated rings. The molecular formula is C16H20FN3O4S. The van der Waals surface area contributed by atoms with Crippen molar-refractivity contribution in [2.24, 2.45) is 0 Å². The fourth-order valence-corrected chi connectivity index (χ4v) is 4.51. The van der Waals surface area contributed by atoms with Gasteiger partial charge in [-0.05, 0) is 18.6 Å². The molecule has 136 valence electrons. The topological polar surface area (TPSA) is 78.0 Å². The number of benzene rings is 1. The molecule has 0 aromatic heterocycles. The second kappa shape index (κ2) is 6.62. The molecule has 0 saturated carbocycles. The van der Waals surface area contributed by atoms with Crippen LogP contribution in [-0.2, 0) is 19.6 Å². The minimum Gasteiger partial charge on any atom is -0.366 e. The molecule has 2 aliphatic rings. The van der Waals surface area contributed by atoms with E-state index in [1.807, 2.05) is 4.90 Å². The van der Waals surface area contributed by atoms with Gasteiger partial charge in [0.05, 0.1) is 11.9 Å². The van der Waals surface area contributed by atoms with Crippen LogP contribution in [0.2, 0.25) is 0 Å². The number of anilines is 1. The van der Waals surface area contributed by atoms with Gasteiger partial charge in [0.1, 0.15) is 11.9 Å². The van der Waals surface area contributed by atoms with Crippen LogP contribution < -0.4 is 4.90 Å². The van der Waals surface area contributed by atoms with E-state index in [1.165, 1.54) is 6.07 Å². The number of para-hydroxylation sites is 1. The maximum atomic E-state index is 13.9. The van der Waals surface area contributed by atoms with Crippen LogP contribution in [0.4, 0.5) is 10.1 Å². The molecule has 7 nitrogen and oxygen atoms in total. The van der Waals surface area contributed by atoms with E-state index in [4.69, 9.17) is 0 Å². The second-order valence-corrected chi connectivity index (χ2v) is 8.13. The number of nitrogens with zero attached hydrogens (tertiary/aromatic N) is 3. The van der Waals surface area contributed by atoms with Gasteiger partial charge in [-0.2, -0.15) is 0 Å². The van der Waals surface area contributed by atoms with Gasteiger partial charge in [-0.15, -0.1) is 0 Å². The highest BCUT2D eigenvalue weighted by atomic mass is 32.2. The molecule has 2 aliphatic heterocycles. The molecule has 2 saturated heterocycles. The Morgan fingerprint density at radius 1 is 1.16 bits per heavy atom. The summed E-state index contributed by atoms with van der Waals surface area (Å²) in [4.78, 5) is 27.9. The van der Waals surface area contributed by atoms with E-state index in [-0.39, 0.29) is 24.6 Å². The van der Waals surface area contributed by atoms with Gasteiger partial charge in [0, 0.05) is 32.6 Å². The lowest BCUT2D eigenvalue weighted by Gasteiger charge is -2.38. The Morgan fingerprint density at radius 3 is 2.40 bits per heavy atom. The molecule has 2 heterocycles. The number of hydrogen-bond acceptors (Lipinski definition) is 5. The van der Waals surface area contributed by atoms with E-state index >= 15 is 0 Å². The Kier molecular flexibility index (Phi) is 4.68. The zero-order valence-electron chi connectivity index (χ0n) is 13.9. The summed E-state index contributed by atoms with van der Waals surface area (Å²) in [7, 11) is -3.77. The van der Waals surface area contributed by atoms with Gasteiger partial charge >= 0.3 is 0 Å². The summed E-state index contributed by atoms with van der Waals surface area (Å²) in [6.07, 6.45) is 1.20. The molecule has 0 radical (unpaired) electrons. The Hall–Kier alpha value is -2.16. The number of halogens is 1. The lowest BCUT2D eigenvalue weighted by Crippen LogP contribution is -2.55. The fourth-order valence-electron chi connectivity index (χ4n) is 3.39. The summed E-state index contributed by atoms with van der Waals surface area (Å²) in [5, 5.41) is 0. The third-order valence-electron chi connectivity index (χ3n) is 4.59. The number of carbonyl (C=O) groups excluding carboxylic acids is 2. The van der Waals surface area contributed by atoms with E-state index in [2.05, 4.69) is 0 Å². The van der Waals surface area contributed by atoms with Gasteiger partial charge in [0.25, 0.3) is 0 Å². The number of rotatable bonds is 3. The van der Waals surface area contributed by atoms with Gasteiger partial charge in [0.15, 0.2) is 0 Å². The first kappa shape index (κ1) is 17.7. The second-order valence-electron chi connectivity index (χ2n) is 6.27. The van der Waals surface area contributed by atoms with Crippen LogP contribution in [0.1, 0.15) is 12.8 Å². The van der Waals surface area contributed by atoms with E-state index in [1.54, 1.807) is 23.1 Å². The lowest BCUT2D eigenvalue weighted by molar-refractivity contribution is -0.138. The van der Waals surface area contributed by atoms with Crippen molar-refractivity contribution in [1.29, 1.82) is 0 Å². The minimum absolute atomic E-state index is 0.0542. The average molecular weight is 369 g/mol. The number of carbonyl (C=O) groups is 2. The first-order valence-corrected chi connectivity index (χ1v) is 9.94. The van der Waals surface area contributed by atoms with E-state index in [9.17, 15) is 22.4 Å². The van der Waals surface area contributed by atoms with Gasteiger partial charge in [-0.3, -0.25) is 9.59 Å². The predicted octanol–water partition coefficient (Wildman–Crippen LogP) is 0.425. The van der Waals surface area contributed by atoms with E-state index in [0.29, 0.717) is 36.2 Å². The van der Waals surface area contributed by atoms with Crippen molar-refractivity contribution in [2.45, 2.75) is 18.9 Å². The normalized spacial score (nSPS) is 21.8. The fraction of sp³-hybridized carbons (Fsp3) is 0.500. The highest BCUT2D eigenvalue weighted by molar-refractivity contribution is 7.89. The Balaban J connectivity index is 1.68. The molecule has 1 atom stereocenters. The minimum atomic E-state index is -3.77. The van der Waals surface area contributed by atoms with Gasteiger partial charge in [-0.25, -0.2) is 17.1 Å². The summed E-state index contributed by atoms with van der Waals surface area (Å²) in [6, 6.07) is 5.50. The van der Waals surface area contributed by atoms with Gasteiger partial charge < -0.3 is 9.80 Å². The van der Waals surface area contributed by atoms with Gasteiger partial charge in [0.2, 0.25) is 21.8 Å². The van der Waals surface area contributed by atoms with Crippen molar-refractivity contribution in [3.63, 3.8) is 0 Å². The maximum absolute atomic E-state index is 13.9. The molecule has 2 amide bonds. The lowest BCUT2D eigenvalue weighted by atomic mass is 10.1. The van der Waals surface area contributed by atoms with Gasteiger partial charge in [-0.1, -0.05) is 12.1 Å². The number of amides is 2. The monoisotopic (exact) mass is 369 g/mol. The third-order valence-corrected chi connectivity index (χ3v) is 5.76. The van der Waals surface area contributed by atoms with Crippen LogP contribution in [0, 0.1) is 5.82 Å². The molecule has 0 bridgehead atoms. The molecular weight excluding hydrogens is 349 g/mol. The van der Waals surface area contributed by atoms with Crippen LogP contribution >= 0.6 is 0 Å². The zero-order valence-corrected chi connectivity index (χ0v) is 14.7. The van der Waals surface area contributed by atoms with Crippen molar-refractivity contribution in [1.82, 2.24) is 9.21 Å². The van der Waals surface area contributed by atoms with Crippen LogP contribution in [0.25, 0.3) is 0 Å². The smallest absolute Gasteiger partial charge is 0.246 e. The van der Waals surface area contributed by atoms with Crippen molar-refractivity contribution in [3.05, 3.63) is 30.1 Å². The van der Waals surface area contributed by atoms with Crippen molar-refractivity contribution >= 4 is 27.5 Å². The number of sulfonamides is 1. The van der Waals surface area contributed by atoms with Crippen LogP contribution in [0.5, 0.6) is 0 Å². The molecule has 1 aromatic rings. The Labute approximate surface area is 146 Å². The van der Waals surface area contributed by atoms with E-state index < -0.39 is 22.0 Å². The van der Waals surface area contributed by atoms with Crippen LogP contribution in [0.15, 0.2) is 24.3 Å². The largest absolute Gasteiger partial charge is 0.366 e. The highest BCUT2D eigenvalue weighted by Crippen LogP contribution is 2.25. The van der Waals surface area contributed by atoms with Crippen molar-refractivity contribution in [3.8, 4) is 0 Å². The molecule has 9 heteroatoms. The molecule has 0 aliphatic carbocycles. The SMILES string of the molecule is CS(=O)(=O)N1C(=O)CCC1C(=O)N1CCN(c2ccccc2F)CC1. The zero-order chi connectivity index (χ0) is 18.2. The maximum Gasteiger partial charge on any atom is 0.246 e. The average Bonchev–Trinajstić information content (AvgIpc) is 2.97. The Morgan fingerprint density at radius 2 is 1.80 bits per heavy atom. The molecule has 0 N–H and O–H groups in total. The van der Waals surface area contributed by atoms with E-state index in [0.717, 1.165) is 6.26 Å². The molecule has 1 aromatic carbocycles. The molecule has 0 spiro atoms. The molecule has 25 heavy (non-hydrogen) atoms. The standard InChI is InChI=1S/C16H20FN3O4S/c1-25(23,24)20-14(6-7-15(20)21)16(22)19-10-8-18(9-11-19)13-5-3-2-4-12(13)17/h2-5,14H,6-11H2,1H3. The quantitative estimate of drug-likeness (QED) is 0.772. The predicted molar refractivity (Wildman–Crippen MR) is 89.9 cm³/mol. The first-order valence-electron chi connectivity index (χ1n) is 8.09. The van der Waals surface area contributed by atoms with Crippen LogP contribution in [0.3, 0.4) is 0 Å². The molecule has 3 rings (SSSR count). The third kappa shape index (κ3) is 3.46. The highest BCUT2D eigenvalue weighted by Gasteiger charge is 2.43.